The van der Waals surface area contributed by atoms with Gasteiger partial charge in [-0.3, -0.25) is 4.79 Å². The summed E-state index contributed by atoms with van der Waals surface area (Å²) < 4.78 is 5.59. The standard InChI is InChI=1S/C17H26N2O2/c20-17(13-15-7-10-18-11-8-15)19-9-4-12-21-14-16-5-2-1-3-6-16/h1-3,5-6,15,18H,4,7-14H2,(H,19,20). The largest absolute Gasteiger partial charge is 0.377 e. The van der Waals surface area contributed by atoms with Gasteiger partial charge in [0, 0.05) is 19.6 Å². The molecule has 2 N–H and O–H groups in total. The lowest BCUT2D eigenvalue weighted by Crippen LogP contribution is -2.32. The number of hydrogen-bond acceptors (Lipinski definition) is 3. The fourth-order valence-electron chi connectivity index (χ4n) is 2.59. The first-order valence-corrected chi connectivity index (χ1v) is 7.93. The molecule has 0 unspecified atom stereocenters. The lowest BCUT2D eigenvalue weighted by Gasteiger charge is -2.21. The van der Waals surface area contributed by atoms with Crippen molar-refractivity contribution in [1.82, 2.24) is 10.6 Å². The van der Waals surface area contributed by atoms with Gasteiger partial charge < -0.3 is 15.4 Å². The Morgan fingerprint density at radius 2 is 2.00 bits per heavy atom. The number of nitrogens with one attached hydrogen (secondary N) is 2. The van der Waals surface area contributed by atoms with Gasteiger partial charge >= 0.3 is 0 Å². The molecule has 4 heteroatoms. The van der Waals surface area contributed by atoms with Crippen molar-refractivity contribution in [2.75, 3.05) is 26.2 Å². The van der Waals surface area contributed by atoms with Crippen LogP contribution >= 0.6 is 0 Å². The Bertz CT molecular complexity index is 403. The normalized spacial score (nSPS) is 15.8. The minimum atomic E-state index is 0.185. The first kappa shape index (κ1) is 16.0. The maximum atomic E-state index is 11.8. The molecule has 21 heavy (non-hydrogen) atoms. The van der Waals surface area contributed by atoms with Gasteiger partial charge in [0.05, 0.1) is 6.61 Å². The van der Waals surface area contributed by atoms with Crippen LogP contribution < -0.4 is 10.6 Å². The summed E-state index contributed by atoms with van der Waals surface area (Å²) in [5.74, 6) is 0.741. The van der Waals surface area contributed by atoms with Crippen molar-refractivity contribution >= 4 is 5.91 Å². The monoisotopic (exact) mass is 290 g/mol. The van der Waals surface area contributed by atoms with Crippen molar-refractivity contribution in [2.24, 2.45) is 5.92 Å². The van der Waals surface area contributed by atoms with Crippen LogP contribution in [0.5, 0.6) is 0 Å². The van der Waals surface area contributed by atoms with Crippen LogP contribution in [-0.4, -0.2) is 32.1 Å². The molecule has 0 radical (unpaired) electrons. The van der Waals surface area contributed by atoms with Gasteiger partial charge in [0.1, 0.15) is 0 Å². The Hall–Kier alpha value is -1.39. The summed E-state index contributed by atoms with van der Waals surface area (Å²) in [7, 11) is 0. The molecule has 0 aromatic heterocycles. The van der Waals surface area contributed by atoms with E-state index < -0.39 is 0 Å². The van der Waals surface area contributed by atoms with Crippen LogP contribution in [0.1, 0.15) is 31.2 Å². The highest BCUT2D eigenvalue weighted by atomic mass is 16.5. The third kappa shape index (κ3) is 6.74. The second-order valence-corrected chi connectivity index (χ2v) is 5.64. The number of ether oxygens (including phenoxy) is 1. The van der Waals surface area contributed by atoms with E-state index in [9.17, 15) is 4.79 Å². The van der Waals surface area contributed by atoms with Crippen LogP contribution in [0.4, 0.5) is 0 Å². The fourth-order valence-corrected chi connectivity index (χ4v) is 2.59. The van der Waals surface area contributed by atoms with E-state index in [2.05, 4.69) is 22.8 Å². The lowest BCUT2D eigenvalue weighted by molar-refractivity contribution is -0.122. The number of benzene rings is 1. The van der Waals surface area contributed by atoms with Crippen molar-refractivity contribution in [2.45, 2.75) is 32.3 Å². The minimum Gasteiger partial charge on any atom is -0.377 e. The second kappa shape index (κ2) is 9.53. The zero-order valence-electron chi connectivity index (χ0n) is 12.6. The van der Waals surface area contributed by atoms with E-state index >= 15 is 0 Å². The quantitative estimate of drug-likeness (QED) is 0.721. The summed E-state index contributed by atoms with van der Waals surface area (Å²) in [4.78, 5) is 11.8. The third-order valence-electron chi connectivity index (χ3n) is 3.83. The highest BCUT2D eigenvalue weighted by Crippen LogP contribution is 2.15. The Kier molecular flexibility index (Phi) is 7.25. The van der Waals surface area contributed by atoms with E-state index in [1.54, 1.807) is 0 Å². The van der Waals surface area contributed by atoms with Crippen molar-refractivity contribution in [3.05, 3.63) is 35.9 Å². The third-order valence-corrected chi connectivity index (χ3v) is 3.83. The zero-order valence-corrected chi connectivity index (χ0v) is 12.6. The molecule has 116 valence electrons. The lowest BCUT2D eigenvalue weighted by atomic mass is 9.94. The smallest absolute Gasteiger partial charge is 0.220 e. The van der Waals surface area contributed by atoms with Gasteiger partial charge in [0.25, 0.3) is 0 Å². The molecule has 0 spiro atoms. The molecular weight excluding hydrogens is 264 g/mol. The van der Waals surface area contributed by atoms with Gasteiger partial charge in [0.2, 0.25) is 5.91 Å². The Balaban J connectivity index is 1.46. The van der Waals surface area contributed by atoms with Gasteiger partial charge in [0.15, 0.2) is 0 Å². The predicted molar refractivity (Wildman–Crippen MR) is 83.9 cm³/mol. The number of carbonyl (C=O) groups is 1. The van der Waals surface area contributed by atoms with Crippen molar-refractivity contribution < 1.29 is 9.53 Å². The van der Waals surface area contributed by atoms with Crippen molar-refractivity contribution in [3.8, 4) is 0 Å². The first-order valence-electron chi connectivity index (χ1n) is 7.93. The van der Waals surface area contributed by atoms with Crippen LogP contribution in [0.25, 0.3) is 0 Å². The molecule has 1 heterocycles. The van der Waals surface area contributed by atoms with E-state index in [0.29, 0.717) is 32.1 Å². The topological polar surface area (TPSA) is 50.4 Å². The van der Waals surface area contributed by atoms with Crippen LogP contribution in [0.3, 0.4) is 0 Å². The summed E-state index contributed by atoms with van der Waals surface area (Å²) in [6.45, 7) is 4.13. The predicted octanol–water partition coefficient (Wildman–Crippen LogP) is 2.10. The van der Waals surface area contributed by atoms with Gasteiger partial charge in [-0.25, -0.2) is 0 Å². The van der Waals surface area contributed by atoms with E-state index in [1.807, 2.05) is 18.2 Å². The second-order valence-electron chi connectivity index (χ2n) is 5.64. The molecule has 1 fully saturated rings. The molecule has 4 nitrogen and oxygen atoms in total. The minimum absolute atomic E-state index is 0.185. The highest BCUT2D eigenvalue weighted by molar-refractivity contribution is 5.76. The van der Waals surface area contributed by atoms with Gasteiger partial charge in [-0.05, 0) is 43.8 Å². The molecule has 1 aliphatic rings. The summed E-state index contributed by atoms with van der Waals surface area (Å²) in [5, 5.41) is 6.31. The van der Waals surface area contributed by atoms with Gasteiger partial charge in [-0.2, -0.15) is 0 Å². The Labute approximate surface area is 127 Å². The summed E-state index contributed by atoms with van der Waals surface area (Å²) in [6, 6.07) is 10.1. The number of carbonyl (C=O) groups excluding carboxylic acids is 1. The number of rotatable bonds is 8. The summed E-state index contributed by atoms with van der Waals surface area (Å²) >= 11 is 0. The molecule has 1 amide bonds. The average Bonchev–Trinajstić information content (AvgIpc) is 2.53. The number of amides is 1. The molecule has 1 saturated heterocycles. The molecule has 0 atom stereocenters. The zero-order chi connectivity index (χ0) is 14.8. The molecule has 1 aliphatic heterocycles. The highest BCUT2D eigenvalue weighted by Gasteiger charge is 2.16. The van der Waals surface area contributed by atoms with Crippen LogP contribution in [0.2, 0.25) is 0 Å². The van der Waals surface area contributed by atoms with Crippen molar-refractivity contribution in [3.63, 3.8) is 0 Å². The molecule has 1 aromatic carbocycles. The molecule has 0 bridgehead atoms. The first-order chi connectivity index (χ1) is 10.3. The molecule has 0 saturated carbocycles. The summed E-state index contributed by atoms with van der Waals surface area (Å²) in [6.07, 6.45) is 3.78. The molecule has 2 rings (SSSR count). The number of piperidine rings is 1. The maximum absolute atomic E-state index is 11.8. The van der Waals surface area contributed by atoms with E-state index in [0.717, 1.165) is 32.4 Å². The van der Waals surface area contributed by atoms with Crippen LogP contribution in [0, 0.1) is 5.92 Å². The van der Waals surface area contributed by atoms with Crippen LogP contribution in [0.15, 0.2) is 30.3 Å². The fraction of sp³-hybridized carbons (Fsp3) is 0.588. The Morgan fingerprint density at radius 1 is 1.24 bits per heavy atom. The van der Waals surface area contributed by atoms with E-state index in [1.165, 1.54) is 5.56 Å². The average molecular weight is 290 g/mol. The van der Waals surface area contributed by atoms with Crippen molar-refractivity contribution in [1.29, 1.82) is 0 Å². The molecular formula is C17H26N2O2. The molecule has 0 aliphatic carbocycles. The summed E-state index contributed by atoms with van der Waals surface area (Å²) in [5.41, 5.74) is 1.19. The maximum Gasteiger partial charge on any atom is 0.220 e. The van der Waals surface area contributed by atoms with Gasteiger partial charge in [-0.1, -0.05) is 30.3 Å². The molecule has 1 aromatic rings. The van der Waals surface area contributed by atoms with E-state index in [4.69, 9.17) is 4.74 Å². The Morgan fingerprint density at radius 3 is 2.76 bits per heavy atom. The van der Waals surface area contributed by atoms with Crippen LogP contribution in [-0.2, 0) is 16.1 Å². The SMILES string of the molecule is O=C(CC1CCNCC1)NCCCOCc1ccccc1. The number of hydrogen-bond donors (Lipinski definition) is 2. The van der Waals surface area contributed by atoms with E-state index in [-0.39, 0.29) is 5.91 Å². The van der Waals surface area contributed by atoms with Gasteiger partial charge in [-0.15, -0.1) is 0 Å².